The minimum atomic E-state index is 0.695. The molecule has 0 aliphatic carbocycles. The van der Waals surface area contributed by atoms with Gasteiger partial charge in [-0.2, -0.15) is 0 Å². The van der Waals surface area contributed by atoms with Crippen molar-refractivity contribution in [3.05, 3.63) is 95.8 Å². The van der Waals surface area contributed by atoms with Crippen LogP contribution < -0.4 is 0 Å². The van der Waals surface area contributed by atoms with E-state index < -0.39 is 0 Å². The van der Waals surface area contributed by atoms with Crippen molar-refractivity contribution < 1.29 is 4.42 Å². The fourth-order valence-corrected chi connectivity index (χ4v) is 3.66. The van der Waals surface area contributed by atoms with Gasteiger partial charge >= 0.3 is 0 Å². The Labute approximate surface area is 163 Å². The van der Waals surface area contributed by atoms with Crippen LogP contribution in [0.3, 0.4) is 0 Å². The summed E-state index contributed by atoms with van der Waals surface area (Å²) in [5, 5.41) is 2.13. The summed E-state index contributed by atoms with van der Waals surface area (Å²) >= 11 is 0. The number of rotatable bonds is 4. The largest absolute Gasteiger partial charge is 0.437 e. The van der Waals surface area contributed by atoms with Crippen LogP contribution in [-0.4, -0.2) is 9.97 Å². The number of para-hydroxylation sites is 1. The third-order valence-electron chi connectivity index (χ3n) is 5.13. The van der Waals surface area contributed by atoms with Crippen LogP contribution in [0.1, 0.15) is 16.8 Å². The SMILES string of the molecule is Cc1ccnc(-c2cccc3c2oc2nc(CCc4ccccc4)ccc23)c1. The van der Waals surface area contributed by atoms with Gasteiger partial charge in [0.2, 0.25) is 5.71 Å². The number of hydrogen-bond acceptors (Lipinski definition) is 3. The van der Waals surface area contributed by atoms with Crippen LogP contribution in [-0.2, 0) is 12.8 Å². The highest BCUT2D eigenvalue weighted by atomic mass is 16.3. The minimum Gasteiger partial charge on any atom is -0.437 e. The summed E-state index contributed by atoms with van der Waals surface area (Å²) in [6.07, 6.45) is 3.70. The van der Waals surface area contributed by atoms with Crippen LogP contribution in [0.5, 0.6) is 0 Å². The molecule has 0 radical (unpaired) electrons. The summed E-state index contributed by atoms with van der Waals surface area (Å²) in [5.41, 5.74) is 7.02. The smallest absolute Gasteiger partial charge is 0.227 e. The van der Waals surface area contributed by atoms with Gasteiger partial charge < -0.3 is 4.42 Å². The van der Waals surface area contributed by atoms with Crippen molar-refractivity contribution in [2.75, 3.05) is 0 Å². The van der Waals surface area contributed by atoms with Gasteiger partial charge in [0.25, 0.3) is 0 Å². The molecule has 3 nitrogen and oxygen atoms in total. The quantitative estimate of drug-likeness (QED) is 0.385. The van der Waals surface area contributed by atoms with Gasteiger partial charge in [-0.05, 0) is 61.2 Å². The summed E-state index contributed by atoms with van der Waals surface area (Å²) in [4.78, 5) is 9.32. The number of furan rings is 1. The van der Waals surface area contributed by atoms with E-state index in [-0.39, 0.29) is 0 Å². The standard InChI is InChI=1S/C25H20N2O/c1-17-14-15-26-23(16-17)22-9-5-8-20-21-13-12-19(27-25(21)28-24(20)22)11-10-18-6-3-2-4-7-18/h2-9,12-16H,10-11H2,1H3. The molecule has 0 unspecified atom stereocenters. The average molecular weight is 364 g/mol. The van der Waals surface area contributed by atoms with E-state index in [0.717, 1.165) is 46.1 Å². The molecular formula is C25H20N2O. The third kappa shape index (κ3) is 3.05. The molecule has 3 heterocycles. The topological polar surface area (TPSA) is 38.9 Å². The van der Waals surface area contributed by atoms with E-state index in [9.17, 15) is 0 Å². The van der Waals surface area contributed by atoms with Crippen LogP contribution in [0, 0.1) is 6.92 Å². The van der Waals surface area contributed by atoms with Gasteiger partial charge in [-0.1, -0.05) is 42.5 Å². The summed E-state index contributed by atoms with van der Waals surface area (Å²) in [6.45, 7) is 2.07. The molecule has 0 fully saturated rings. The molecule has 0 amide bonds. The zero-order chi connectivity index (χ0) is 18.9. The molecule has 0 aliphatic heterocycles. The van der Waals surface area contributed by atoms with Gasteiger partial charge in [0.05, 0.1) is 5.69 Å². The first kappa shape index (κ1) is 16.7. The maximum Gasteiger partial charge on any atom is 0.227 e. The van der Waals surface area contributed by atoms with Gasteiger partial charge in [-0.3, -0.25) is 4.98 Å². The number of benzene rings is 2. The highest BCUT2D eigenvalue weighted by Crippen LogP contribution is 2.34. The molecule has 0 saturated heterocycles. The normalized spacial score (nSPS) is 11.3. The zero-order valence-corrected chi connectivity index (χ0v) is 15.7. The van der Waals surface area contributed by atoms with E-state index in [1.165, 1.54) is 11.1 Å². The van der Waals surface area contributed by atoms with E-state index >= 15 is 0 Å². The first-order valence-electron chi connectivity index (χ1n) is 9.56. The van der Waals surface area contributed by atoms with Gasteiger partial charge in [-0.25, -0.2) is 4.98 Å². The van der Waals surface area contributed by atoms with Crippen molar-refractivity contribution in [1.29, 1.82) is 0 Å². The Balaban J connectivity index is 1.55. The fraction of sp³-hybridized carbons (Fsp3) is 0.120. The third-order valence-corrected chi connectivity index (χ3v) is 5.13. The van der Waals surface area contributed by atoms with E-state index in [4.69, 9.17) is 9.40 Å². The Hall–Kier alpha value is -3.46. The van der Waals surface area contributed by atoms with Crippen molar-refractivity contribution in [2.45, 2.75) is 19.8 Å². The lowest BCUT2D eigenvalue weighted by molar-refractivity contribution is 0.651. The second-order valence-corrected chi connectivity index (χ2v) is 7.14. The number of aromatic nitrogens is 2. The molecule has 5 aromatic rings. The van der Waals surface area contributed by atoms with E-state index in [1.807, 2.05) is 18.3 Å². The Morgan fingerprint density at radius 3 is 2.57 bits per heavy atom. The fourth-order valence-electron chi connectivity index (χ4n) is 3.66. The van der Waals surface area contributed by atoms with Crippen LogP contribution in [0.25, 0.3) is 33.3 Å². The molecule has 0 bridgehead atoms. The van der Waals surface area contributed by atoms with Crippen LogP contribution in [0.4, 0.5) is 0 Å². The Morgan fingerprint density at radius 1 is 0.821 bits per heavy atom. The molecule has 2 aromatic carbocycles. The monoisotopic (exact) mass is 364 g/mol. The van der Waals surface area contributed by atoms with Gasteiger partial charge in [0.15, 0.2) is 0 Å². The van der Waals surface area contributed by atoms with Gasteiger partial charge in [0, 0.05) is 28.2 Å². The maximum absolute atomic E-state index is 6.22. The van der Waals surface area contributed by atoms with Crippen molar-refractivity contribution in [3.63, 3.8) is 0 Å². The van der Waals surface area contributed by atoms with Crippen molar-refractivity contribution in [3.8, 4) is 11.3 Å². The summed E-state index contributed by atoms with van der Waals surface area (Å²) in [6, 6.07) is 25.0. The number of hydrogen-bond donors (Lipinski definition) is 0. The number of nitrogens with zero attached hydrogens (tertiary/aromatic N) is 2. The second kappa shape index (κ2) is 6.93. The second-order valence-electron chi connectivity index (χ2n) is 7.14. The Bertz CT molecular complexity index is 1270. The highest BCUT2D eigenvalue weighted by molar-refractivity contribution is 6.08. The van der Waals surface area contributed by atoms with Crippen molar-refractivity contribution >= 4 is 22.1 Å². The van der Waals surface area contributed by atoms with Gasteiger partial charge in [-0.15, -0.1) is 0 Å². The molecule has 0 aliphatic rings. The number of pyridine rings is 2. The summed E-state index contributed by atoms with van der Waals surface area (Å²) in [5.74, 6) is 0. The maximum atomic E-state index is 6.22. The molecule has 5 rings (SSSR count). The molecule has 3 aromatic heterocycles. The molecule has 0 N–H and O–H groups in total. The predicted molar refractivity (Wildman–Crippen MR) is 113 cm³/mol. The molecule has 0 spiro atoms. The molecular weight excluding hydrogens is 344 g/mol. The molecule has 28 heavy (non-hydrogen) atoms. The van der Waals surface area contributed by atoms with Crippen LogP contribution in [0.15, 0.2) is 83.4 Å². The van der Waals surface area contributed by atoms with Gasteiger partial charge in [0.1, 0.15) is 5.58 Å². The lowest BCUT2D eigenvalue weighted by atomic mass is 10.1. The lowest BCUT2D eigenvalue weighted by Crippen LogP contribution is -1.93. The summed E-state index contributed by atoms with van der Waals surface area (Å²) in [7, 11) is 0. The molecule has 0 atom stereocenters. The number of aryl methyl sites for hydroxylation is 3. The van der Waals surface area contributed by atoms with E-state index in [0.29, 0.717) is 5.71 Å². The Kier molecular flexibility index (Phi) is 4.13. The van der Waals surface area contributed by atoms with Crippen LogP contribution >= 0.6 is 0 Å². The first-order valence-corrected chi connectivity index (χ1v) is 9.56. The van der Waals surface area contributed by atoms with E-state index in [2.05, 4.69) is 72.6 Å². The molecule has 3 heteroatoms. The first-order chi connectivity index (χ1) is 13.8. The Morgan fingerprint density at radius 2 is 1.71 bits per heavy atom. The van der Waals surface area contributed by atoms with Crippen LogP contribution in [0.2, 0.25) is 0 Å². The van der Waals surface area contributed by atoms with Crippen molar-refractivity contribution in [1.82, 2.24) is 9.97 Å². The average Bonchev–Trinajstić information content (AvgIpc) is 3.11. The lowest BCUT2D eigenvalue weighted by Gasteiger charge is -2.02. The zero-order valence-electron chi connectivity index (χ0n) is 15.7. The van der Waals surface area contributed by atoms with Crippen molar-refractivity contribution in [2.24, 2.45) is 0 Å². The predicted octanol–water partition coefficient (Wildman–Crippen LogP) is 6.14. The summed E-state index contributed by atoms with van der Waals surface area (Å²) < 4.78 is 6.22. The molecule has 0 saturated carbocycles. The minimum absolute atomic E-state index is 0.695. The molecule has 136 valence electrons. The van der Waals surface area contributed by atoms with E-state index in [1.54, 1.807) is 0 Å². The number of fused-ring (bicyclic) bond motifs is 3. The highest BCUT2D eigenvalue weighted by Gasteiger charge is 2.14.